The molecule has 0 saturated carbocycles. The van der Waals surface area contributed by atoms with Crippen molar-refractivity contribution in [2.24, 2.45) is 5.41 Å². The Morgan fingerprint density at radius 3 is 2.62 bits per heavy atom. The third-order valence-corrected chi connectivity index (χ3v) is 3.18. The molecule has 0 aliphatic carbocycles. The van der Waals surface area contributed by atoms with Crippen molar-refractivity contribution in [1.82, 2.24) is 10.2 Å². The van der Waals surface area contributed by atoms with Crippen LogP contribution < -0.4 is 5.32 Å². The van der Waals surface area contributed by atoms with Crippen molar-refractivity contribution in [3.05, 3.63) is 0 Å². The van der Waals surface area contributed by atoms with Gasteiger partial charge in [-0.1, -0.05) is 6.92 Å². The largest absolute Gasteiger partial charge is 0.389 e. The van der Waals surface area contributed by atoms with E-state index >= 15 is 0 Å². The fraction of sp³-hybridized carbons (Fsp3) is 1.00. The highest BCUT2D eigenvalue weighted by Gasteiger charge is 2.33. The Morgan fingerprint density at radius 2 is 2.06 bits per heavy atom. The molecule has 1 aliphatic rings. The Labute approximate surface area is 95.2 Å². The molecule has 96 valence electrons. The van der Waals surface area contributed by atoms with Gasteiger partial charge in [0.2, 0.25) is 0 Å². The van der Waals surface area contributed by atoms with Crippen LogP contribution in [0.25, 0.3) is 0 Å². The molecular formula is C11H21F3N2. The summed E-state index contributed by atoms with van der Waals surface area (Å²) in [6, 6.07) is 0. The van der Waals surface area contributed by atoms with Crippen LogP contribution in [0, 0.1) is 5.41 Å². The molecule has 0 aromatic carbocycles. The van der Waals surface area contributed by atoms with Crippen LogP contribution in [0.5, 0.6) is 0 Å². The summed E-state index contributed by atoms with van der Waals surface area (Å²) < 4.78 is 35.9. The maximum absolute atomic E-state index is 12.0. The topological polar surface area (TPSA) is 15.3 Å². The zero-order valence-electron chi connectivity index (χ0n) is 10.0. The van der Waals surface area contributed by atoms with Crippen molar-refractivity contribution >= 4 is 0 Å². The van der Waals surface area contributed by atoms with Crippen molar-refractivity contribution in [2.75, 3.05) is 33.2 Å². The number of hydrogen-bond donors (Lipinski definition) is 1. The van der Waals surface area contributed by atoms with Crippen LogP contribution >= 0.6 is 0 Å². The second-order valence-corrected chi connectivity index (χ2v) is 5.09. The molecule has 16 heavy (non-hydrogen) atoms. The Bertz CT molecular complexity index is 218. The number of nitrogens with one attached hydrogen (secondary N) is 1. The number of hydrogen-bond acceptors (Lipinski definition) is 2. The van der Waals surface area contributed by atoms with Gasteiger partial charge in [0.1, 0.15) is 0 Å². The zero-order chi connectivity index (χ0) is 12.2. The van der Waals surface area contributed by atoms with E-state index in [4.69, 9.17) is 0 Å². The molecule has 0 amide bonds. The van der Waals surface area contributed by atoms with E-state index in [9.17, 15) is 13.2 Å². The molecular weight excluding hydrogens is 217 g/mol. The molecule has 1 rings (SSSR count). The summed E-state index contributed by atoms with van der Waals surface area (Å²) in [5, 5.41) is 3.14. The molecule has 1 atom stereocenters. The first kappa shape index (κ1) is 13.8. The Balaban J connectivity index is 2.21. The number of rotatable bonds is 5. The summed E-state index contributed by atoms with van der Waals surface area (Å²) in [7, 11) is 1.91. The molecule has 1 fully saturated rings. The molecule has 0 aromatic heterocycles. The van der Waals surface area contributed by atoms with Gasteiger partial charge in [-0.3, -0.25) is 0 Å². The van der Waals surface area contributed by atoms with Gasteiger partial charge in [-0.2, -0.15) is 13.2 Å². The maximum Gasteiger partial charge on any atom is 0.389 e. The van der Waals surface area contributed by atoms with Crippen molar-refractivity contribution in [2.45, 2.75) is 32.4 Å². The van der Waals surface area contributed by atoms with E-state index in [2.05, 4.69) is 17.1 Å². The lowest BCUT2D eigenvalue weighted by Gasteiger charge is -2.24. The third-order valence-electron chi connectivity index (χ3n) is 3.18. The number of nitrogens with zero attached hydrogens (tertiary/aromatic N) is 1. The summed E-state index contributed by atoms with van der Waals surface area (Å²) in [6.45, 7) is 5.52. The molecule has 0 spiro atoms. The average Bonchev–Trinajstić information content (AvgIpc) is 2.46. The highest BCUT2D eigenvalue weighted by molar-refractivity contribution is 4.87. The predicted octanol–water partition coefficient (Wildman–Crippen LogP) is 2.26. The normalized spacial score (nSPS) is 27.6. The highest BCUT2D eigenvalue weighted by atomic mass is 19.4. The van der Waals surface area contributed by atoms with E-state index in [0.29, 0.717) is 6.54 Å². The molecule has 1 heterocycles. The number of likely N-dealkylation sites (tertiary alicyclic amines) is 1. The van der Waals surface area contributed by atoms with Gasteiger partial charge >= 0.3 is 6.18 Å². The lowest BCUT2D eigenvalue weighted by Crippen LogP contribution is -2.33. The number of halogens is 3. The Hall–Kier alpha value is -0.290. The smallest absolute Gasteiger partial charge is 0.319 e. The Morgan fingerprint density at radius 1 is 1.38 bits per heavy atom. The van der Waals surface area contributed by atoms with Gasteiger partial charge in [0.05, 0.1) is 0 Å². The fourth-order valence-corrected chi connectivity index (χ4v) is 2.39. The summed E-state index contributed by atoms with van der Waals surface area (Å²) >= 11 is 0. The summed E-state index contributed by atoms with van der Waals surface area (Å²) in [4.78, 5) is 2.14. The quantitative estimate of drug-likeness (QED) is 0.790. The molecule has 0 aromatic rings. The fourth-order valence-electron chi connectivity index (χ4n) is 2.39. The van der Waals surface area contributed by atoms with Crippen LogP contribution in [0.3, 0.4) is 0 Å². The maximum atomic E-state index is 12.0. The van der Waals surface area contributed by atoms with Crippen LogP contribution in [-0.2, 0) is 0 Å². The van der Waals surface area contributed by atoms with Crippen LogP contribution in [0.4, 0.5) is 13.2 Å². The monoisotopic (exact) mass is 238 g/mol. The second-order valence-electron chi connectivity index (χ2n) is 5.09. The van der Waals surface area contributed by atoms with Crippen LogP contribution in [0.1, 0.15) is 26.2 Å². The van der Waals surface area contributed by atoms with Crippen LogP contribution in [0.2, 0.25) is 0 Å². The van der Waals surface area contributed by atoms with Crippen molar-refractivity contribution in [3.8, 4) is 0 Å². The van der Waals surface area contributed by atoms with Gasteiger partial charge < -0.3 is 10.2 Å². The minimum atomic E-state index is -4.01. The summed E-state index contributed by atoms with van der Waals surface area (Å²) in [6.07, 6.45) is -3.38. The minimum Gasteiger partial charge on any atom is -0.319 e. The van der Waals surface area contributed by atoms with Gasteiger partial charge in [-0.05, 0) is 38.4 Å². The molecule has 1 aliphatic heterocycles. The first-order chi connectivity index (χ1) is 7.35. The van der Waals surface area contributed by atoms with E-state index in [-0.39, 0.29) is 11.8 Å². The molecule has 5 heteroatoms. The van der Waals surface area contributed by atoms with Gasteiger partial charge in [0, 0.05) is 19.5 Å². The molecule has 1 unspecified atom stereocenters. The van der Waals surface area contributed by atoms with E-state index in [1.807, 2.05) is 7.05 Å². The Kier molecular flexibility index (Phi) is 4.62. The van der Waals surface area contributed by atoms with Crippen molar-refractivity contribution in [3.63, 3.8) is 0 Å². The first-order valence-corrected chi connectivity index (χ1v) is 5.78. The van der Waals surface area contributed by atoms with E-state index in [0.717, 1.165) is 26.1 Å². The lowest BCUT2D eigenvalue weighted by atomic mass is 9.90. The van der Waals surface area contributed by atoms with E-state index in [1.54, 1.807) is 0 Å². The molecule has 0 radical (unpaired) electrons. The van der Waals surface area contributed by atoms with E-state index in [1.165, 1.54) is 0 Å². The van der Waals surface area contributed by atoms with Gasteiger partial charge in [-0.15, -0.1) is 0 Å². The van der Waals surface area contributed by atoms with Gasteiger partial charge in [0.25, 0.3) is 0 Å². The zero-order valence-corrected chi connectivity index (χ0v) is 10.0. The molecule has 2 nitrogen and oxygen atoms in total. The predicted molar refractivity (Wildman–Crippen MR) is 58.4 cm³/mol. The molecule has 0 bridgehead atoms. The molecule has 1 saturated heterocycles. The standard InChI is InChI=1S/C11H21F3N2/c1-10(8-15-2)5-7-16(9-10)6-3-4-11(12,13)14/h15H,3-9H2,1-2H3. The van der Waals surface area contributed by atoms with Gasteiger partial charge in [0.15, 0.2) is 0 Å². The van der Waals surface area contributed by atoms with Gasteiger partial charge in [-0.25, -0.2) is 0 Å². The summed E-state index contributed by atoms with van der Waals surface area (Å²) in [5.41, 5.74) is 0.229. The van der Waals surface area contributed by atoms with E-state index < -0.39 is 12.6 Å². The third kappa shape index (κ3) is 4.70. The minimum absolute atomic E-state index is 0.221. The average molecular weight is 238 g/mol. The lowest BCUT2D eigenvalue weighted by molar-refractivity contribution is -0.136. The van der Waals surface area contributed by atoms with Crippen molar-refractivity contribution < 1.29 is 13.2 Å². The number of alkyl halides is 3. The van der Waals surface area contributed by atoms with Crippen LogP contribution in [-0.4, -0.2) is 44.3 Å². The van der Waals surface area contributed by atoms with Crippen molar-refractivity contribution in [1.29, 1.82) is 0 Å². The van der Waals surface area contributed by atoms with Crippen LogP contribution in [0.15, 0.2) is 0 Å². The SMILES string of the molecule is CNCC1(C)CCN(CCCC(F)(F)F)C1. The first-order valence-electron chi connectivity index (χ1n) is 5.78. The second kappa shape index (κ2) is 5.36. The molecule has 1 N–H and O–H groups in total. The highest BCUT2D eigenvalue weighted by Crippen LogP contribution is 2.29. The summed E-state index contributed by atoms with van der Waals surface area (Å²) in [5.74, 6) is 0.